The summed E-state index contributed by atoms with van der Waals surface area (Å²) in [5.41, 5.74) is 1.33. The standard InChI is InChI=1S/C18H32OSi/c1-6-9-15-19-20(16(4)7-2,17(5)8-3)18-13-11-10-12-14-18/h10-14,16-17H,6-9,15H2,1-5H3. The SMILES string of the molecule is CCCCO[Si](c1ccccc1)(C(C)CC)C(C)CC. The Bertz CT molecular complexity index is 353. The van der Waals surface area contributed by atoms with E-state index < -0.39 is 8.32 Å². The highest BCUT2D eigenvalue weighted by Gasteiger charge is 2.46. The normalized spacial score (nSPS) is 17.4. The Kier molecular flexibility index (Phi) is 7.53. The topological polar surface area (TPSA) is 9.23 Å². The van der Waals surface area contributed by atoms with Gasteiger partial charge in [-0.15, -0.1) is 0 Å². The Hall–Kier alpha value is -0.603. The van der Waals surface area contributed by atoms with Gasteiger partial charge in [0.15, 0.2) is 0 Å². The maximum Gasteiger partial charge on any atom is 0.229 e. The molecule has 1 rings (SSSR count). The van der Waals surface area contributed by atoms with Crippen molar-refractivity contribution < 1.29 is 4.43 Å². The molecule has 0 amide bonds. The lowest BCUT2D eigenvalue weighted by Crippen LogP contribution is -2.57. The zero-order valence-corrected chi connectivity index (χ0v) is 15.0. The summed E-state index contributed by atoms with van der Waals surface area (Å²) in [4.78, 5) is 0. The molecule has 0 fully saturated rings. The number of unbranched alkanes of at least 4 members (excludes halogenated alkanes) is 1. The fourth-order valence-electron chi connectivity index (χ4n) is 3.11. The summed E-state index contributed by atoms with van der Waals surface area (Å²) < 4.78 is 6.70. The van der Waals surface area contributed by atoms with Crippen LogP contribution in [0.1, 0.15) is 60.3 Å². The van der Waals surface area contributed by atoms with E-state index in [4.69, 9.17) is 4.43 Å². The second-order valence-electron chi connectivity index (χ2n) is 5.98. The Morgan fingerprint density at radius 2 is 1.50 bits per heavy atom. The summed E-state index contributed by atoms with van der Waals surface area (Å²) in [5, 5.41) is 1.49. The molecule has 0 aromatic heterocycles. The highest BCUT2D eigenvalue weighted by Crippen LogP contribution is 2.37. The Labute approximate surface area is 126 Å². The zero-order valence-electron chi connectivity index (χ0n) is 14.0. The predicted molar refractivity (Wildman–Crippen MR) is 92.1 cm³/mol. The van der Waals surface area contributed by atoms with Crippen molar-refractivity contribution in [2.24, 2.45) is 0 Å². The molecular weight excluding hydrogens is 260 g/mol. The van der Waals surface area contributed by atoms with Crippen LogP contribution in [0, 0.1) is 0 Å². The number of hydrogen-bond acceptors (Lipinski definition) is 1. The van der Waals surface area contributed by atoms with Crippen LogP contribution in [0.25, 0.3) is 0 Å². The third-order valence-electron chi connectivity index (χ3n) is 4.75. The molecule has 1 nitrogen and oxygen atoms in total. The summed E-state index contributed by atoms with van der Waals surface area (Å²) in [6.07, 6.45) is 4.80. The minimum absolute atomic E-state index is 0.664. The van der Waals surface area contributed by atoms with Crippen molar-refractivity contribution in [2.45, 2.75) is 71.4 Å². The first kappa shape index (κ1) is 17.4. The molecule has 0 aliphatic carbocycles. The van der Waals surface area contributed by atoms with E-state index in [-0.39, 0.29) is 0 Å². The molecule has 2 atom stereocenters. The van der Waals surface area contributed by atoms with Crippen LogP contribution in [0.4, 0.5) is 0 Å². The summed E-state index contributed by atoms with van der Waals surface area (Å²) in [6.45, 7) is 12.6. The summed E-state index contributed by atoms with van der Waals surface area (Å²) in [5.74, 6) is 0. The van der Waals surface area contributed by atoms with Crippen LogP contribution in [-0.4, -0.2) is 14.9 Å². The first-order chi connectivity index (χ1) is 9.63. The molecule has 114 valence electrons. The van der Waals surface area contributed by atoms with E-state index in [2.05, 4.69) is 65.0 Å². The smallest absolute Gasteiger partial charge is 0.229 e. The van der Waals surface area contributed by atoms with E-state index >= 15 is 0 Å². The monoisotopic (exact) mass is 292 g/mol. The van der Waals surface area contributed by atoms with Crippen molar-refractivity contribution in [3.8, 4) is 0 Å². The maximum absolute atomic E-state index is 6.70. The number of benzene rings is 1. The lowest BCUT2D eigenvalue weighted by atomic mass is 10.3. The molecule has 2 unspecified atom stereocenters. The van der Waals surface area contributed by atoms with Crippen LogP contribution >= 0.6 is 0 Å². The molecule has 0 heterocycles. The molecule has 2 heteroatoms. The van der Waals surface area contributed by atoms with Crippen molar-refractivity contribution in [2.75, 3.05) is 6.61 Å². The average molecular weight is 293 g/mol. The molecule has 0 spiro atoms. The van der Waals surface area contributed by atoms with E-state index in [0.717, 1.165) is 6.61 Å². The summed E-state index contributed by atoms with van der Waals surface area (Å²) in [7, 11) is -1.92. The molecule has 1 aromatic rings. The molecule has 20 heavy (non-hydrogen) atoms. The highest BCUT2D eigenvalue weighted by molar-refractivity contribution is 6.88. The lowest BCUT2D eigenvalue weighted by molar-refractivity contribution is 0.283. The minimum atomic E-state index is -1.92. The molecule has 0 N–H and O–H groups in total. The number of rotatable bonds is 9. The van der Waals surface area contributed by atoms with Gasteiger partial charge in [-0.3, -0.25) is 0 Å². The van der Waals surface area contributed by atoms with Gasteiger partial charge in [0.25, 0.3) is 0 Å². The Morgan fingerprint density at radius 1 is 0.950 bits per heavy atom. The lowest BCUT2D eigenvalue weighted by Gasteiger charge is -2.41. The quantitative estimate of drug-likeness (QED) is 0.446. The first-order valence-corrected chi connectivity index (χ1v) is 10.4. The second-order valence-corrected chi connectivity index (χ2v) is 10.4. The summed E-state index contributed by atoms with van der Waals surface area (Å²) >= 11 is 0. The molecule has 0 aliphatic heterocycles. The molecule has 0 saturated heterocycles. The fourth-order valence-corrected chi connectivity index (χ4v) is 8.37. The van der Waals surface area contributed by atoms with E-state index in [1.165, 1.54) is 30.9 Å². The Balaban J connectivity index is 3.18. The average Bonchev–Trinajstić information content (AvgIpc) is 2.51. The molecule has 0 saturated carbocycles. The van der Waals surface area contributed by atoms with Gasteiger partial charge in [-0.05, 0) is 22.7 Å². The fraction of sp³-hybridized carbons (Fsp3) is 0.667. The maximum atomic E-state index is 6.70. The van der Waals surface area contributed by atoms with Crippen molar-refractivity contribution >= 4 is 13.5 Å². The van der Waals surface area contributed by atoms with Gasteiger partial charge < -0.3 is 4.43 Å². The molecule has 1 aromatic carbocycles. The third kappa shape index (κ3) is 3.73. The molecule has 0 radical (unpaired) electrons. The third-order valence-corrected chi connectivity index (χ3v) is 10.4. The molecule has 0 bridgehead atoms. The molecular formula is C18H32OSi. The second kappa shape index (κ2) is 8.63. The van der Waals surface area contributed by atoms with Gasteiger partial charge in [-0.25, -0.2) is 0 Å². The van der Waals surface area contributed by atoms with Crippen LogP contribution in [0.5, 0.6) is 0 Å². The van der Waals surface area contributed by atoms with E-state index in [1.807, 2.05) is 0 Å². The van der Waals surface area contributed by atoms with Gasteiger partial charge in [0.05, 0.1) is 0 Å². The minimum Gasteiger partial charge on any atom is -0.412 e. The van der Waals surface area contributed by atoms with Gasteiger partial charge >= 0.3 is 0 Å². The van der Waals surface area contributed by atoms with Crippen molar-refractivity contribution in [3.05, 3.63) is 30.3 Å². The van der Waals surface area contributed by atoms with Crippen molar-refractivity contribution in [3.63, 3.8) is 0 Å². The van der Waals surface area contributed by atoms with E-state index in [9.17, 15) is 0 Å². The highest BCUT2D eigenvalue weighted by atomic mass is 28.4. The van der Waals surface area contributed by atoms with Gasteiger partial charge in [0.2, 0.25) is 8.32 Å². The van der Waals surface area contributed by atoms with E-state index in [1.54, 1.807) is 0 Å². The van der Waals surface area contributed by atoms with Gasteiger partial charge in [-0.2, -0.15) is 0 Å². The van der Waals surface area contributed by atoms with Crippen LogP contribution in [-0.2, 0) is 4.43 Å². The zero-order chi connectivity index (χ0) is 15.0. The summed E-state index contributed by atoms with van der Waals surface area (Å²) in [6, 6.07) is 11.1. The number of hydrogen-bond donors (Lipinski definition) is 0. The van der Waals surface area contributed by atoms with Crippen LogP contribution < -0.4 is 5.19 Å². The first-order valence-electron chi connectivity index (χ1n) is 8.32. The Morgan fingerprint density at radius 3 is 1.95 bits per heavy atom. The van der Waals surface area contributed by atoms with Crippen LogP contribution in [0.3, 0.4) is 0 Å². The predicted octanol–water partition coefficient (Wildman–Crippen LogP) is 5.26. The van der Waals surface area contributed by atoms with Crippen molar-refractivity contribution in [1.29, 1.82) is 0 Å². The van der Waals surface area contributed by atoms with E-state index in [0.29, 0.717) is 11.1 Å². The van der Waals surface area contributed by atoms with Gasteiger partial charge in [-0.1, -0.05) is 84.2 Å². The molecule has 0 aliphatic rings. The largest absolute Gasteiger partial charge is 0.412 e. The van der Waals surface area contributed by atoms with Gasteiger partial charge in [0, 0.05) is 6.61 Å². The van der Waals surface area contributed by atoms with Crippen LogP contribution in [0.15, 0.2) is 30.3 Å². The van der Waals surface area contributed by atoms with Gasteiger partial charge in [0.1, 0.15) is 0 Å². The van der Waals surface area contributed by atoms with Crippen LogP contribution in [0.2, 0.25) is 11.1 Å². The van der Waals surface area contributed by atoms with Crippen molar-refractivity contribution in [1.82, 2.24) is 0 Å².